The molecular formula is C36H41N2O7S2+. The van der Waals surface area contributed by atoms with Crippen molar-refractivity contribution in [3.8, 4) is 11.5 Å². The molecule has 3 aliphatic heterocycles. The molecule has 3 aromatic carbocycles. The predicted octanol–water partition coefficient (Wildman–Crippen LogP) is 4.85. The van der Waals surface area contributed by atoms with Crippen molar-refractivity contribution in [2.45, 2.75) is 58.5 Å². The highest BCUT2D eigenvalue weighted by molar-refractivity contribution is 7.86. The van der Waals surface area contributed by atoms with Crippen LogP contribution in [0.25, 0.3) is 16.7 Å². The first kappa shape index (κ1) is 33.1. The van der Waals surface area contributed by atoms with E-state index in [4.69, 9.17) is 4.74 Å². The summed E-state index contributed by atoms with van der Waals surface area (Å²) in [7, 11) is -4.79. The molecule has 3 aliphatic rings. The van der Waals surface area contributed by atoms with E-state index in [-0.39, 0.29) is 5.92 Å². The minimum absolute atomic E-state index is 0.252. The summed E-state index contributed by atoms with van der Waals surface area (Å²) in [6, 6.07) is 15.9. The molecule has 3 heterocycles. The molecule has 11 heteroatoms. The molecule has 0 aromatic heterocycles. The van der Waals surface area contributed by atoms with E-state index < -0.39 is 42.8 Å². The van der Waals surface area contributed by atoms with Crippen LogP contribution in [0.4, 0.5) is 5.69 Å². The Balaban J connectivity index is 1.74. The van der Waals surface area contributed by atoms with E-state index in [0.29, 0.717) is 33.8 Å². The molecule has 0 aliphatic carbocycles. The fourth-order valence-corrected chi connectivity index (χ4v) is 8.11. The number of anilines is 1. The normalized spacial score (nSPS) is 18.1. The van der Waals surface area contributed by atoms with Crippen molar-refractivity contribution < 1.29 is 30.7 Å². The molecule has 0 saturated carbocycles. The van der Waals surface area contributed by atoms with Gasteiger partial charge in [-0.2, -0.15) is 16.8 Å². The van der Waals surface area contributed by atoms with Crippen LogP contribution < -0.4 is 24.8 Å². The maximum atomic E-state index is 12.2. The number of ether oxygens (including phenoxy) is 1. The highest BCUT2D eigenvalue weighted by atomic mass is 32.2. The largest absolute Gasteiger partial charge is 0.456 e. The second-order valence-corrected chi connectivity index (χ2v) is 17.1. The lowest BCUT2D eigenvalue weighted by Gasteiger charge is -2.41. The Hall–Kier alpha value is -3.77. The number of likely N-dealkylation sites (N-methyl/N-ethyl adjacent to an activating group) is 2. The minimum Gasteiger partial charge on any atom is -0.456 e. The number of rotatable bonds is 6. The summed E-state index contributed by atoms with van der Waals surface area (Å²) in [5.74, 6) is 0.351. The van der Waals surface area contributed by atoms with Crippen LogP contribution >= 0.6 is 0 Å². The molecule has 0 bridgehead atoms. The Labute approximate surface area is 276 Å². The van der Waals surface area contributed by atoms with Gasteiger partial charge >= 0.3 is 0 Å². The number of fused-ring (bicyclic) bond motifs is 4. The van der Waals surface area contributed by atoms with Crippen LogP contribution in [0, 0.1) is 0 Å². The molecule has 3 aromatic rings. The van der Waals surface area contributed by atoms with Gasteiger partial charge in [-0.1, -0.05) is 44.2 Å². The van der Waals surface area contributed by atoms with Gasteiger partial charge in [0.15, 0.2) is 5.54 Å². The van der Waals surface area contributed by atoms with E-state index in [1.54, 1.807) is 0 Å². The van der Waals surface area contributed by atoms with E-state index in [1.165, 1.54) is 0 Å². The van der Waals surface area contributed by atoms with Gasteiger partial charge in [-0.05, 0) is 60.2 Å². The first-order valence-electron chi connectivity index (χ1n) is 15.5. The van der Waals surface area contributed by atoms with Crippen LogP contribution in [0.15, 0.2) is 60.7 Å². The van der Waals surface area contributed by atoms with Crippen molar-refractivity contribution in [3.63, 3.8) is 0 Å². The third kappa shape index (κ3) is 6.06. The molecule has 0 radical (unpaired) electrons. The molecule has 0 spiro atoms. The molecule has 0 amide bonds. The van der Waals surface area contributed by atoms with Crippen molar-refractivity contribution in [2.75, 3.05) is 30.5 Å². The summed E-state index contributed by atoms with van der Waals surface area (Å²) in [6.45, 7) is 12.2. The van der Waals surface area contributed by atoms with Crippen LogP contribution in [-0.2, 0) is 20.2 Å². The average Bonchev–Trinajstić information content (AvgIpc) is 2.94. The lowest BCUT2D eigenvalue weighted by Crippen LogP contribution is -2.47. The quantitative estimate of drug-likeness (QED) is 0.220. The van der Waals surface area contributed by atoms with E-state index >= 15 is 0 Å². The average molecular weight is 678 g/mol. The highest BCUT2D eigenvalue weighted by Gasteiger charge is 2.37. The summed E-state index contributed by atoms with van der Waals surface area (Å²) in [6.07, 6.45) is 3.74. The van der Waals surface area contributed by atoms with E-state index in [2.05, 4.69) is 35.5 Å². The first-order valence-corrected chi connectivity index (χ1v) is 18.7. The predicted molar refractivity (Wildman–Crippen MR) is 187 cm³/mol. The molecule has 6 rings (SSSR count). The first-order chi connectivity index (χ1) is 21.6. The van der Waals surface area contributed by atoms with Gasteiger partial charge in [0.2, 0.25) is 5.36 Å². The number of hydrogen-bond acceptors (Lipinski definition) is 6. The van der Waals surface area contributed by atoms with Gasteiger partial charge in [-0.3, -0.25) is 9.11 Å². The van der Waals surface area contributed by atoms with E-state index in [1.807, 2.05) is 90.3 Å². The van der Waals surface area contributed by atoms with Gasteiger partial charge in [0.25, 0.3) is 20.2 Å². The molecule has 9 nitrogen and oxygen atoms in total. The highest BCUT2D eigenvalue weighted by Crippen LogP contribution is 2.46. The summed E-state index contributed by atoms with van der Waals surface area (Å²) < 4.78 is 77.3. The van der Waals surface area contributed by atoms with Crippen LogP contribution in [0.1, 0.15) is 75.3 Å². The second-order valence-electron chi connectivity index (χ2n) is 14.2. The van der Waals surface area contributed by atoms with Gasteiger partial charge in [0, 0.05) is 54.6 Å². The Kier molecular flexibility index (Phi) is 7.67. The van der Waals surface area contributed by atoms with E-state index in [9.17, 15) is 25.9 Å². The fraction of sp³-hybridized carbons (Fsp3) is 0.361. The number of benzene rings is 3. The minimum atomic E-state index is -4.34. The summed E-state index contributed by atoms with van der Waals surface area (Å²) in [5.41, 5.74) is 5.59. The van der Waals surface area contributed by atoms with Crippen LogP contribution in [0.5, 0.6) is 11.5 Å². The fourth-order valence-electron chi connectivity index (χ4n) is 6.85. The molecule has 0 unspecified atom stereocenters. The van der Waals surface area contributed by atoms with Gasteiger partial charge in [-0.25, -0.2) is 4.58 Å². The maximum Gasteiger partial charge on any atom is 0.269 e. The maximum absolute atomic E-state index is 12.2. The summed E-state index contributed by atoms with van der Waals surface area (Å²) >= 11 is 0. The van der Waals surface area contributed by atoms with E-state index in [0.717, 1.165) is 38.5 Å². The Morgan fingerprint density at radius 2 is 1.47 bits per heavy atom. The van der Waals surface area contributed by atoms with Crippen molar-refractivity contribution in [1.29, 1.82) is 0 Å². The zero-order valence-electron chi connectivity index (χ0n) is 27.9. The van der Waals surface area contributed by atoms with Crippen molar-refractivity contribution in [2.24, 2.45) is 0 Å². The zero-order valence-corrected chi connectivity index (χ0v) is 29.5. The summed E-state index contributed by atoms with van der Waals surface area (Å²) in [4.78, 5) is 2.06. The standard InChI is InChI=1S/C36H40N2O7S2/c1-21(2)22-10-9-11-23(12-22)34-28-13-26-24(19-46(39,40)41)17-35(3,4)37(7)30(26)15-32(28)45-33-16-31-27(14-29(33)34)25(20-47(42,43)44)18-36(5,6)38(31)8/h9-18,21H,19-20H2,1-8H3,(H-,39,40,41,42,43,44)/p+1. The molecule has 2 N–H and O–H groups in total. The van der Waals surface area contributed by atoms with Crippen LogP contribution in [0.2, 0.25) is 0 Å². The lowest BCUT2D eigenvalue weighted by atomic mass is 9.84. The zero-order chi connectivity index (χ0) is 34.4. The van der Waals surface area contributed by atoms with Crippen LogP contribution in [0.3, 0.4) is 0 Å². The SMILES string of the molecule is CC(C)c1cccc(C2=c3cc4c(cc3Oc3cc5c(cc32)C(CS(=O)(=O)O)=CC(C)(C)N5C)=[N+](C)C(C)(C)C=C4CS(=O)(=O)O)c1. The Bertz CT molecular complexity index is 2280. The Morgan fingerprint density at radius 1 is 0.830 bits per heavy atom. The number of nitrogens with zero attached hydrogens (tertiary/aromatic N) is 2. The smallest absolute Gasteiger partial charge is 0.269 e. The van der Waals surface area contributed by atoms with Gasteiger partial charge in [-0.15, -0.1) is 0 Å². The third-order valence-electron chi connectivity index (χ3n) is 9.67. The van der Waals surface area contributed by atoms with Crippen molar-refractivity contribution >= 4 is 42.6 Å². The molecule has 47 heavy (non-hydrogen) atoms. The van der Waals surface area contributed by atoms with Crippen LogP contribution in [-0.4, -0.2) is 62.6 Å². The van der Waals surface area contributed by atoms with Crippen molar-refractivity contribution in [3.05, 3.63) is 99.1 Å². The molecule has 0 saturated heterocycles. The Morgan fingerprint density at radius 3 is 2.09 bits per heavy atom. The number of hydrogen-bond donors (Lipinski definition) is 2. The lowest BCUT2D eigenvalue weighted by molar-refractivity contribution is 0.433. The van der Waals surface area contributed by atoms with Gasteiger partial charge in [0.05, 0.1) is 17.2 Å². The second kappa shape index (κ2) is 10.9. The molecule has 248 valence electrons. The van der Waals surface area contributed by atoms with Crippen molar-refractivity contribution in [1.82, 2.24) is 4.58 Å². The topological polar surface area (TPSA) is 124 Å². The molecular weight excluding hydrogens is 637 g/mol. The third-order valence-corrected chi connectivity index (χ3v) is 11.0. The molecule has 0 fully saturated rings. The van der Waals surface area contributed by atoms with Gasteiger partial charge < -0.3 is 9.64 Å². The summed E-state index contributed by atoms with van der Waals surface area (Å²) in [5, 5.41) is 1.50. The monoisotopic (exact) mass is 677 g/mol. The van der Waals surface area contributed by atoms with Gasteiger partial charge in [0.1, 0.15) is 30.1 Å². The molecule has 0 atom stereocenters.